The van der Waals surface area contributed by atoms with Crippen molar-refractivity contribution in [3.8, 4) is 5.75 Å². The molecule has 3 atom stereocenters. The van der Waals surface area contributed by atoms with Crippen LogP contribution in [0.15, 0.2) is 47.4 Å². The van der Waals surface area contributed by atoms with Crippen LogP contribution in [-0.4, -0.2) is 73.0 Å². The molecule has 14 heteroatoms. The number of carboxylic acids is 1. The number of aromatic nitrogens is 1. The summed E-state index contributed by atoms with van der Waals surface area (Å²) < 4.78 is 40.4. The molecule has 2 heterocycles. The van der Waals surface area contributed by atoms with Crippen LogP contribution in [0.3, 0.4) is 0 Å². The molecule has 206 valence electrons. The number of carbonyl (C=O) groups is 3. The summed E-state index contributed by atoms with van der Waals surface area (Å²) in [5, 5.41) is 11.9. The second-order valence-corrected chi connectivity index (χ2v) is 11.6. The molecule has 3 aromatic rings. The SMILES string of the molecule is NC(=O)c1[nH]c2c(NC(=O)C3CC3C(=O)O)cc(Cl)cc2c1S(=O)(=O)N1CCOC(COc2ccccc2)C1. The number of para-hydroxylation sites is 1. The highest BCUT2D eigenvalue weighted by molar-refractivity contribution is 7.89. The van der Waals surface area contributed by atoms with Crippen LogP contribution in [0.2, 0.25) is 5.02 Å². The number of aliphatic carboxylic acids is 1. The predicted octanol–water partition coefficient (Wildman–Crippen LogP) is 2.05. The third-order valence-electron chi connectivity index (χ3n) is 6.65. The number of sulfonamides is 1. The monoisotopic (exact) mass is 576 g/mol. The van der Waals surface area contributed by atoms with Gasteiger partial charge in [-0.05, 0) is 30.7 Å². The smallest absolute Gasteiger partial charge is 0.307 e. The number of carboxylic acid groups (broad SMARTS) is 1. The van der Waals surface area contributed by atoms with Gasteiger partial charge in [0.15, 0.2) is 0 Å². The van der Waals surface area contributed by atoms with Gasteiger partial charge in [-0.2, -0.15) is 4.31 Å². The highest BCUT2D eigenvalue weighted by Crippen LogP contribution is 2.41. The molecular formula is C25H25ClN4O8S. The molecule has 1 saturated carbocycles. The van der Waals surface area contributed by atoms with Crippen molar-refractivity contribution in [2.45, 2.75) is 17.4 Å². The van der Waals surface area contributed by atoms with E-state index in [9.17, 15) is 22.8 Å². The number of fused-ring (bicyclic) bond motifs is 1. The number of amides is 2. The van der Waals surface area contributed by atoms with E-state index in [-0.39, 0.29) is 64.9 Å². The second-order valence-electron chi connectivity index (χ2n) is 9.33. The number of hydrogen-bond acceptors (Lipinski definition) is 7. The predicted molar refractivity (Wildman–Crippen MR) is 140 cm³/mol. The lowest BCUT2D eigenvalue weighted by atomic mass is 10.2. The van der Waals surface area contributed by atoms with Crippen LogP contribution in [0.1, 0.15) is 16.9 Å². The molecule has 1 aromatic heterocycles. The van der Waals surface area contributed by atoms with E-state index < -0.39 is 45.7 Å². The van der Waals surface area contributed by atoms with E-state index in [4.69, 9.17) is 31.9 Å². The summed E-state index contributed by atoms with van der Waals surface area (Å²) in [4.78, 5) is 38.5. The number of nitrogens with zero attached hydrogens (tertiary/aromatic N) is 1. The van der Waals surface area contributed by atoms with Gasteiger partial charge in [0.2, 0.25) is 15.9 Å². The van der Waals surface area contributed by atoms with Crippen molar-refractivity contribution in [2.24, 2.45) is 17.6 Å². The number of carbonyl (C=O) groups excluding carboxylic acids is 2. The van der Waals surface area contributed by atoms with E-state index in [0.717, 1.165) is 0 Å². The Morgan fingerprint density at radius 2 is 1.95 bits per heavy atom. The lowest BCUT2D eigenvalue weighted by Crippen LogP contribution is -2.47. The van der Waals surface area contributed by atoms with Gasteiger partial charge in [0, 0.05) is 23.5 Å². The third-order valence-corrected chi connectivity index (χ3v) is 8.82. The Hall–Kier alpha value is -3.65. The molecule has 2 aromatic carbocycles. The highest BCUT2D eigenvalue weighted by Gasteiger charge is 2.48. The first kappa shape index (κ1) is 26.9. The fourth-order valence-corrected chi connectivity index (χ4v) is 6.61. The number of ether oxygens (including phenoxy) is 2. The maximum Gasteiger partial charge on any atom is 0.307 e. The zero-order valence-electron chi connectivity index (χ0n) is 20.4. The van der Waals surface area contributed by atoms with Crippen molar-refractivity contribution >= 4 is 56.0 Å². The van der Waals surface area contributed by atoms with Gasteiger partial charge in [0.25, 0.3) is 5.91 Å². The largest absolute Gasteiger partial charge is 0.491 e. The first-order valence-electron chi connectivity index (χ1n) is 12.0. The van der Waals surface area contributed by atoms with Crippen LogP contribution in [-0.2, 0) is 24.3 Å². The van der Waals surface area contributed by atoms with E-state index in [1.54, 1.807) is 12.1 Å². The minimum Gasteiger partial charge on any atom is -0.491 e. The van der Waals surface area contributed by atoms with Crippen LogP contribution < -0.4 is 15.8 Å². The van der Waals surface area contributed by atoms with Crippen molar-refractivity contribution in [3.05, 3.63) is 53.2 Å². The Balaban J connectivity index is 1.45. The van der Waals surface area contributed by atoms with E-state index in [2.05, 4.69) is 10.3 Å². The Morgan fingerprint density at radius 1 is 1.21 bits per heavy atom. The third kappa shape index (κ3) is 5.43. The van der Waals surface area contributed by atoms with Gasteiger partial charge in [-0.15, -0.1) is 0 Å². The molecule has 12 nitrogen and oxygen atoms in total. The van der Waals surface area contributed by atoms with E-state index in [1.165, 1.54) is 16.4 Å². The zero-order valence-corrected chi connectivity index (χ0v) is 22.0. The lowest BCUT2D eigenvalue weighted by Gasteiger charge is -2.32. The first-order valence-corrected chi connectivity index (χ1v) is 13.9. The number of morpholine rings is 1. The van der Waals surface area contributed by atoms with Gasteiger partial charge >= 0.3 is 5.97 Å². The normalized spacial score (nSPS) is 21.4. The molecular weight excluding hydrogens is 552 g/mol. The lowest BCUT2D eigenvalue weighted by molar-refractivity contribution is -0.139. The first-order chi connectivity index (χ1) is 18.6. The topological polar surface area (TPSA) is 181 Å². The molecule has 2 aliphatic rings. The molecule has 2 amide bonds. The number of H-pyrrole nitrogens is 1. The molecule has 0 bridgehead atoms. The average Bonchev–Trinajstić information content (AvgIpc) is 3.62. The van der Waals surface area contributed by atoms with Crippen molar-refractivity contribution in [1.29, 1.82) is 0 Å². The maximum atomic E-state index is 13.9. The van der Waals surface area contributed by atoms with E-state index in [1.807, 2.05) is 18.2 Å². The van der Waals surface area contributed by atoms with Gasteiger partial charge in [-0.1, -0.05) is 29.8 Å². The van der Waals surface area contributed by atoms with Crippen molar-refractivity contribution in [2.75, 3.05) is 31.6 Å². The van der Waals surface area contributed by atoms with Crippen LogP contribution in [0, 0.1) is 11.8 Å². The number of hydrogen-bond donors (Lipinski definition) is 4. The number of benzene rings is 2. The molecule has 39 heavy (non-hydrogen) atoms. The highest BCUT2D eigenvalue weighted by atomic mass is 35.5. The molecule has 5 N–H and O–H groups in total. The van der Waals surface area contributed by atoms with Crippen molar-refractivity contribution in [1.82, 2.24) is 9.29 Å². The minimum absolute atomic E-state index is 0.0253. The Labute approximate surface area is 228 Å². The van der Waals surface area contributed by atoms with Crippen molar-refractivity contribution < 1.29 is 37.4 Å². The summed E-state index contributed by atoms with van der Waals surface area (Å²) >= 11 is 6.28. The second kappa shape index (κ2) is 10.5. The molecule has 1 aliphatic carbocycles. The van der Waals surface area contributed by atoms with E-state index >= 15 is 0 Å². The molecule has 0 radical (unpaired) electrons. The molecule has 0 spiro atoms. The standard InChI is InChI=1S/C25H25ClN4O8S/c26-13-8-18-20(19(9-13)28-24(32)16-10-17(16)25(33)34)29-21(23(27)31)22(18)39(35,36)30-6-7-37-15(11-30)12-38-14-4-2-1-3-5-14/h1-5,8-9,15-17,29H,6-7,10-12H2,(H2,27,31)(H,28,32)(H,33,34). The number of aromatic amines is 1. The quantitative estimate of drug-likeness (QED) is 0.298. The summed E-state index contributed by atoms with van der Waals surface area (Å²) in [7, 11) is -4.31. The van der Waals surface area contributed by atoms with Crippen LogP contribution in [0.5, 0.6) is 5.75 Å². The van der Waals surface area contributed by atoms with Crippen LogP contribution >= 0.6 is 11.6 Å². The number of halogens is 1. The van der Waals surface area contributed by atoms with E-state index in [0.29, 0.717) is 5.75 Å². The molecule has 2 fully saturated rings. The maximum absolute atomic E-state index is 13.9. The molecule has 3 unspecified atom stereocenters. The molecule has 1 saturated heterocycles. The van der Waals surface area contributed by atoms with Gasteiger partial charge in [0.1, 0.15) is 29.0 Å². The number of rotatable bonds is 9. The Kier molecular flexibility index (Phi) is 7.25. The number of anilines is 1. The summed E-state index contributed by atoms with van der Waals surface area (Å²) in [5.74, 6) is -3.56. The van der Waals surface area contributed by atoms with Crippen molar-refractivity contribution in [3.63, 3.8) is 0 Å². The number of nitrogens with two attached hydrogens (primary N) is 1. The molecule has 5 rings (SSSR count). The van der Waals surface area contributed by atoms with Gasteiger partial charge < -0.3 is 30.6 Å². The van der Waals surface area contributed by atoms with Gasteiger partial charge in [-0.3, -0.25) is 14.4 Å². The summed E-state index contributed by atoms with van der Waals surface area (Å²) in [6, 6.07) is 11.7. The van der Waals surface area contributed by atoms with Crippen LogP contribution in [0.25, 0.3) is 10.9 Å². The minimum atomic E-state index is -4.31. The van der Waals surface area contributed by atoms with Gasteiger partial charge in [0.05, 0.1) is 29.6 Å². The fraction of sp³-hybridized carbons (Fsp3) is 0.320. The van der Waals surface area contributed by atoms with Gasteiger partial charge in [-0.25, -0.2) is 8.42 Å². The Morgan fingerprint density at radius 3 is 2.62 bits per heavy atom. The summed E-state index contributed by atoms with van der Waals surface area (Å²) in [6.07, 6.45) is -0.386. The fourth-order valence-electron chi connectivity index (χ4n) is 4.61. The molecule has 1 aliphatic heterocycles. The number of nitrogens with one attached hydrogen (secondary N) is 2. The van der Waals surface area contributed by atoms with Crippen LogP contribution in [0.4, 0.5) is 5.69 Å². The summed E-state index contributed by atoms with van der Waals surface area (Å²) in [5.41, 5.74) is 5.40. The number of primary amides is 1. The summed E-state index contributed by atoms with van der Waals surface area (Å²) in [6.45, 7) is 0.192. The zero-order chi connectivity index (χ0) is 27.9. The Bertz CT molecular complexity index is 1560. The average molecular weight is 577 g/mol.